The number of carbonyl (C=O) groups is 2. The predicted molar refractivity (Wildman–Crippen MR) is 49.7 cm³/mol. The largest absolute Gasteiger partial charge is 0.379 e. The Morgan fingerprint density at radius 2 is 2.13 bits per heavy atom. The highest BCUT2D eigenvalue weighted by Crippen LogP contribution is 2.02. The molecule has 82 valence electrons. The highest BCUT2D eigenvalue weighted by atomic mass is 16.6. The molecule has 2 amide bonds. The van der Waals surface area contributed by atoms with Gasteiger partial charge in [-0.1, -0.05) is 0 Å². The summed E-state index contributed by atoms with van der Waals surface area (Å²) < 4.78 is 4.23. The molecule has 0 aliphatic heterocycles. The van der Waals surface area contributed by atoms with Crippen LogP contribution in [0.15, 0.2) is 4.63 Å². The first kappa shape index (κ1) is 11.0. The van der Waals surface area contributed by atoms with Gasteiger partial charge in [0.15, 0.2) is 0 Å². The Kier molecular flexibility index (Phi) is 3.61. The van der Waals surface area contributed by atoms with Gasteiger partial charge < -0.3 is 16.4 Å². The van der Waals surface area contributed by atoms with E-state index in [-0.39, 0.29) is 24.0 Å². The third kappa shape index (κ3) is 2.93. The summed E-state index contributed by atoms with van der Waals surface area (Å²) in [6.07, 6.45) is 0. The van der Waals surface area contributed by atoms with Crippen molar-refractivity contribution in [3.63, 3.8) is 0 Å². The molecule has 15 heavy (non-hydrogen) atoms. The third-order valence-electron chi connectivity index (χ3n) is 1.51. The van der Waals surface area contributed by atoms with Crippen molar-refractivity contribution in [1.82, 2.24) is 20.9 Å². The molecule has 0 atom stereocenters. The lowest BCUT2D eigenvalue weighted by Gasteiger charge is -2.02. The SMILES string of the molecule is CCNC(=O)CNC(=O)c1nonc1N. The fourth-order valence-electron chi connectivity index (χ4n) is 0.857. The monoisotopic (exact) mass is 213 g/mol. The molecule has 1 aromatic heterocycles. The molecule has 0 radical (unpaired) electrons. The van der Waals surface area contributed by atoms with Gasteiger partial charge in [0, 0.05) is 6.54 Å². The first-order valence-corrected chi connectivity index (χ1v) is 4.28. The number of rotatable bonds is 4. The average molecular weight is 213 g/mol. The zero-order valence-corrected chi connectivity index (χ0v) is 8.11. The average Bonchev–Trinajstić information content (AvgIpc) is 2.61. The van der Waals surface area contributed by atoms with E-state index >= 15 is 0 Å². The van der Waals surface area contributed by atoms with Crippen LogP contribution in [0.1, 0.15) is 17.4 Å². The molecule has 1 heterocycles. The number of hydrogen-bond acceptors (Lipinski definition) is 6. The van der Waals surface area contributed by atoms with Crippen molar-refractivity contribution in [3.05, 3.63) is 5.69 Å². The number of nitrogen functional groups attached to an aromatic ring is 1. The zero-order chi connectivity index (χ0) is 11.3. The second-order valence-corrected chi connectivity index (χ2v) is 2.63. The van der Waals surface area contributed by atoms with E-state index in [0.717, 1.165) is 0 Å². The van der Waals surface area contributed by atoms with Gasteiger partial charge in [-0.15, -0.1) is 0 Å². The molecule has 8 heteroatoms. The Morgan fingerprint density at radius 3 is 2.67 bits per heavy atom. The predicted octanol–water partition coefficient (Wildman–Crippen LogP) is -1.48. The standard InChI is InChI=1S/C7H11N5O3/c1-2-9-4(13)3-10-7(14)5-6(8)12-15-11-5/h2-3H2,1H3,(H2,8,12)(H,9,13)(H,10,14). The summed E-state index contributed by atoms with van der Waals surface area (Å²) in [6, 6.07) is 0. The summed E-state index contributed by atoms with van der Waals surface area (Å²) in [6.45, 7) is 2.14. The van der Waals surface area contributed by atoms with Gasteiger partial charge >= 0.3 is 0 Å². The number of amides is 2. The molecular weight excluding hydrogens is 202 g/mol. The van der Waals surface area contributed by atoms with Crippen molar-refractivity contribution in [2.75, 3.05) is 18.8 Å². The van der Waals surface area contributed by atoms with Crippen LogP contribution in [0.4, 0.5) is 5.82 Å². The van der Waals surface area contributed by atoms with Crippen molar-refractivity contribution >= 4 is 17.6 Å². The van der Waals surface area contributed by atoms with Crippen LogP contribution in [0.5, 0.6) is 0 Å². The molecular formula is C7H11N5O3. The van der Waals surface area contributed by atoms with Crippen molar-refractivity contribution < 1.29 is 14.2 Å². The molecule has 1 aromatic rings. The molecule has 4 N–H and O–H groups in total. The highest BCUT2D eigenvalue weighted by Gasteiger charge is 2.16. The number of aromatic nitrogens is 2. The second kappa shape index (κ2) is 4.94. The van der Waals surface area contributed by atoms with Crippen LogP contribution in [-0.4, -0.2) is 35.2 Å². The van der Waals surface area contributed by atoms with Crippen molar-refractivity contribution in [1.29, 1.82) is 0 Å². The number of nitrogens with zero attached hydrogens (tertiary/aromatic N) is 2. The van der Waals surface area contributed by atoms with E-state index in [0.29, 0.717) is 6.54 Å². The van der Waals surface area contributed by atoms with E-state index < -0.39 is 5.91 Å². The number of anilines is 1. The van der Waals surface area contributed by atoms with Crippen molar-refractivity contribution in [2.24, 2.45) is 0 Å². The molecule has 0 fully saturated rings. The molecule has 0 unspecified atom stereocenters. The fourth-order valence-corrected chi connectivity index (χ4v) is 0.857. The van der Waals surface area contributed by atoms with Gasteiger partial charge in [0.2, 0.25) is 17.4 Å². The van der Waals surface area contributed by atoms with Gasteiger partial charge in [0.05, 0.1) is 6.54 Å². The normalized spacial score (nSPS) is 9.67. The molecule has 0 aliphatic rings. The number of carbonyl (C=O) groups excluding carboxylic acids is 2. The Balaban J connectivity index is 2.44. The van der Waals surface area contributed by atoms with E-state index in [1.165, 1.54) is 0 Å². The van der Waals surface area contributed by atoms with Crippen LogP contribution >= 0.6 is 0 Å². The van der Waals surface area contributed by atoms with Gasteiger partial charge in [-0.05, 0) is 17.2 Å². The van der Waals surface area contributed by atoms with E-state index in [1.54, 1.807) is 6.92 Å². The van der Waals surface area contributed by atoms with Crippen LogP contribution in [-0.2, 0) is 4.79 Å². The maximum atomic E-state index is 11.3. The van der Waals surface area contributed by atoms with Crippen LogP contribution in [0.3, 0.4) is 0 Å². The summed E-state index contributed by atoms with van der Waals surface area (Å²) in [7, 11) is 0. The molecule has 0 aromatic carbocycles. The molecule has 0 saturated carbocycles. The lowest BCUT2D eigenvalue weighted by atomic mass is 10.4. The summed E-state index contributed by atoms with van der Waals surface area (Å²) in [4.78, 5) is 22.3. The van der Waals surface area contributed by atoms with E-state index in [1.807, 2.05) is 0 Å². The third-order valence-corrected chi connectivity index (χ3v) is 1.51. The molecule has 0 saturated heterocycles. The first-order chi connectivity index (χ1) is 7.15. The number of nitrogens with one attached hydrogen (secondary N) is 2. The first-order valence-electron chi connectivity index (χ1n) is 4.28. The summed E-state index contributed by atoms with van der Waals surface area (Å²) in [5.74, 6) is -0.996. The minimum Gasteiger partial charge on any atom is -0.379 e. The maximum absolute atomic E-state index is 11.3. The van der Waals surface area contributed by atoms with E-state index in [2.05, 4.69) is 25.6 Å². The number of nitrogens with two attached hydrogens (primary N) is 1. The van der Waals surface area contributed by atoms with E-state index in [9.17, 15) is 9.59 Å². The topological polar surface area (TPSA) is 123 Å². The summed E-state index contributed by atoms with van der Waals surface area (Å²) >= 11 is 0. The van der Waals surface area contributed by atoms with Gasteiger partial charge in [0.1, 0.15) is 0 Å². The molecule has 0 spiro atoms. The van der Waals surface area contributed by atoms with Gasteiger partial charge in [-0.3, -0.25) is 9.59 Å². The van der Waals surface area contributed by atoms with Gasteiger partial charge in [-0.2, -0.15) is 0 Å². The molecule has 1 rings (SSSR count). The minimum absolute atomic E-state index is 0.108. The molecule has 8 nitrogen and oxygen atoms in total. The second-order valence-electron chi connectivity index (χ2n) is 2.63. The Bertz CT molecular complexity index is 361. The maximum Gasteiger partial charge on any atom is 0.277 e. The summed E-state index contributed by atoms with van der Waals surface area (Å²) in [5, 5.41) is 11.3. The Hall–Kier alpha value is -2.12. The van der Waals surface area contributed by atoms with Crippen molar-refractivity contribution in [2.45, 2.75) is 6.92 Å². The van der Waals surface area contributed by atoms with Crippen molar-refractivity contribution in [3.8, 4) is 0 Å². The quantitative estimate of drug-likeness (QED) is 0.560. The Labute approximate surface area is 85.2 Å². The van der Waals surface area contributed by atoms with Crippen LogP contribution < -0.4 is 16.4 Å². The van der Waals surface area contributed by atoms with Gasteiger partial charge in [-0.25, -0.2) is 4.63 Å². The zero-order valence-electron chi connectivity index (χ0n) is 8.11. The number of likely N-dealkylation sites (N-methyl/N-ethyl adjacent to an activating group) is 1. The lowest BCUT2D eigenvalue weighted by Crippen LogP contribution is -2.37. The summed E-state index contributed by atoms with van der Waals surface area (Å²) in [5.41, 5.74) is 5.15. The molecule has 0 bridgehead atoms. The minimum atomic E-state index is -0.597. The lowest BCUT2D eigenvalue weighted by molar-refractivity contribution is -0.120. The van der Waals surface area contributed by atoms with Crippen LogP contribution in [0, 0.1) is 0 Å². The number of hydrogen-bond donors (Lipinski definition) is 3. The van der Waals surface area contributed by atoms with E-state index in [4.69, 9.17) is 5.73 Å². The smallest absolute Gasteiger partial charge is 0.277 e. The highest BCUT2D eigenvalue weighted by molar-refractivity contribution is 5.97. The van der Waals surface area contributed by atoms with Gasteiger partial charge in [0.25, 0.3) is 5.91 Å². The Morgan fingerprint density at radius 1 is 1.40 bits per heavy atom. The fraction of sp³-hybridized carbons (Fsp3) is 0.429. The van der Waals surface area contributed by atoms with Crippen LogP contribution in [0.25, 0.3) is 0 Å². The van der Waals surface area contributed by atoms with Crippen LogP contribution in [0.2, 0.25) is 0 Å². The molecule has 0 aliphatic carbocycles.